The average molecular weight is 607 g/mol. The summed E-state index contributed by atoms with van der Waals surface area (Å²) in [5, 5.41) is 1.06. The van der Waals surface area contributed by atoms with Crippen molar-refractivity contribution in [1.29, 1.82) is 0 Å². The van der Waals surface area contributed by atoms with Gasteiger partial charge in [-0.25, -0.2) is 9.79 Å². The first-order valence-electron chi connectivity index (χ1n) is 12.5. The van der Waals surface area contributed by atoms with Crippen molar-refractivity contribution < 1.29 is 14.3 Å². The van der Waals surface area contributed by atoms with Gasteiger partial charge >= 0.3 is 5.97 Å². The van der Waals surface area contributed by atoms with Crippen LogP contribution < -0.4 is 19.6 Å². The lowest BCUT2D eigenvalue weighted by molar-refractivity contribution is -0.139. The molecule has 5 rings (SSSR count). The Labute approximate surface area is 238 Å². The average Bonchev–Trinajstić information content (AvgIpc) is 3.36. The number of fused-ring (bicyclic) bond motifs is 2. The second-order valence-electron chi connectivity index (χ2n) is 9.11. The smallest absolute Gasteiger partial charge is 0.338 e. The Morgan fingerprint density at radius 3 is 2.69 bits per heavy atom. The van der Waals surface area contributed by atoms with E-state index in [-0.39, 0.29) is 12.2 Å². The van der Waals surface area contributed by atoms with E-state index in [1.54, 1.807) is 25.5 Å². The van der Waals surface area contributed by atoms with E-state index in [1.807, 2.05) is 49.4 Å². The summed E-state index contributed by atoms with van der Waals surface area (Å²) in [5.41, 5.74) is 4.49. The Bertz CT molecular complexity index is 1840. The molecule has 0 fully saturated rings. The highest BCUT2D eigenvalue weighted by molar-refractivity contribution is 9.10. The lowest BCUT2D eigenvalue weighted by atomic mass is 9.96. The molecule has 0 aliphatic carbocycles. The number of aromatic nitrogens is 2. The maximum atomic E-state index is 14.1. The summed E-state index contributed by atoms with van der Waals surface area (Å²) in [6.45, 7) is 10.4. The summed E-state index contributed by atoms with van der Waals surface area (Å²) in [5.74, 6) is 0.157. The van der Waals surface area contributed by atoms with Gasteiger partial charge in [0.05, 0.1) is 40.0 Å². The molecule has 1 aliphatic heterocycles. The van der Waals surface area contributed by atoms with Crippen LogP contribution in [0.4, 0.5) is 0 Å². The Kier molecular flexibility index (Phi) is 7.46. The Balaban J connectivity index is 1.77. The number of methoxy groups -OCH3 is 1. The van der Waals surface area contributed by atoms with Gasteiger partial charge < -0.3 is 14.0 Å². The maximum absolute atomic E-state index is 14.1. The molecule has 0 amide bonds. The minimum Gasteiger partial charge on any atom is -0.496 e. The minimum atomic E-state index is -0.701. The molecule has 1 aliphatic rings. The first-order valence-corrected chi connectivity index (χ1v) is 14.1. The van der Waals surface area contributed by atoms with E-state index < -0.39 is 12.0 Å². The summed E-state index contributed by atoms with van der Waals surface area (Å²) in [6.07, 6.45) is 3.80. The third-order valence-electron chi connectivity index (χ3n) is 6.88. The number of para-hydroxylation sites is 1. The summed E-state index contributed by atoms with van der Waals surface area (Å²) < 4.78 is 15.8. The van der Waals surface area contributed by atoms with Crippen molar-refractivity contribution in [2.45, 2.75) is 33.4 Å². The summed E-state index contributed by atoms with van der Waals surface area (Å²) in [6, 6.07) is 13.0. The lowest BCUT2D eigenvalue weighted by Gasteiger charge is -2.25. The zero-order valence-corrected chi connectivity index (χ0v) is 24.6. The first-order chi connectivity index (χ1) is 18.8. The van der Waals surface area contributed by atoms with Gasteiger partial charge in [-0.3, -0.25) is 9.36 Å². The molecule has 39 heavy (non-hydrogen) atoms. The topological polar surface area (TPSA) is 74.8 Å². The van der Waals surface area contributed by atoms with Crippen molar-refractivity contribution in [3.63, 3.8) is 0 Å². The third kappa shape index (κ3) is 4.59. The molecule has 0 saturated heterocycles. The maximum Gasteiger partial charge on any atom is 0.338 e. The normalized spacial score (nSPS) is 15.3. The number of hydrogen-bond donors (Lipinski definition) is 0. The number of benzene rings is 2. The fraction of sp³-hybridized carbons (Fsp3) is 0.233. The van der Waals surface area contributed by atoms with Gasteiger partial charge in [-0.1, -0.05) is 41.7 Å². The fourth-order valence-electron chi connectivity index (χ4n) is 5.10. The van der Waals surface area contributed by atoms with E-state index in [0.717, 1.165) is 27.7 Å². The van der Waals surface area contributed by atoms with Gasteiger partial charge in [0.1, 0.15) is 5.75 Å². The number of carbonyl (C=O) groups is 1. The molecule has 2 aromatic heterocycles. The Morgan fingerprint density at radius 2 is 2.00 bits per heavy atom. The molecule has 1 atom stereocenters. The SMILES string of the molecule is C=CCn1c(C)c(C=c2sc3n(c2=O)C(c2ccc(OC)c(Br)c2)C(C(=O)OCC)=C(C)N=3)c2ccccc21. The number of ether oxygens (including phenoxy) is 2. The largest absolute Gasteiger partial charge is 0.496 e. The van der Waals surface area contributed by atoms with Crippen LogP contribution in [0.25, 0.3) is 17.0 Å². The summed E-state index contributed by atoms with van der Waals surface area (Å²) in [7, 11) is 1.59. The van der Waals surface area contributed by atoms with Crippen LogP contribution in [0.15, 0.2) is 80.6 Å². The van der Waals surface area contributed by atoms with Crippen molar-refractivity contribution >= 4 is 50.2 Å². The van der Waals surface area contributed by atoms with Crippen molar-refractivity contribution in [2.24, 2.45) is 4.99 Å². The van der Waals surface area contributed by atoms with Crippen LogP contribution in [0.3, 0.4) is 0 Å². The molecule has 0 bridgehead atoms. The van der Waals surface area contributed by atoms with Gasteiger partial charge in [-0.15, -0.1) is 6.58 Å². The van der Waals surface area contributed by atoms with Gasteiger partial charge in [0.25, 0.3) is 5.56 Å². The molecule has 0 spiro atoms. The quantitative estimate of drug-likeness (QED) is 0.219. The van der Waals surface area contributed by atoms with Crippen LogP contribution in [0.2, 0.25) is 0 Å². The number of halogens is 1. The third-order valence-corrected chi connectivity index (χ3v) is 8.48. The monoisotopic (exact) mass is 605 g/mol. The van der Waals surface area contributed by atoms with Crippen LogP contribution in [0.1, 0.15) is 36.7 Å². The van der Waals surface area contributed by atoms with Gasteiger partial charge in [0.2, 0.25) is 0 Å². The molecule has 200 valence electrons. The molecule has 4 aromatic rings. The molecule has 0 saturated carbocycles. The lowest BCUT2D eigenvalue weighted by Crippen LogP contribution is -2.40. The number of rotatable bonds is 7. The van der Waals surface area contributed by atoms with E-state index >= 15 is 0 Å². The van der Waals surface area contributed by atoms with Crippen LogP contribution in [0.5, 0.6) is 5.75 Å². The van der Waals surface area contributed by atoms with Crippen molar-refractivity contribution in [1.82, 2.24) is 9.13 Å². The summed E-state index contributed by atoms with van der Waals surface area (Å²) in [4.78, 5) is 32.5. The van der Waals surface area contributed by atoms with Gasteiger partial charge in [-0.05, 0) is 66.5 Å². The van der Waals surface area contributed by atoms with E-state index in [0.29, 0.717) is 37.4 Å². The van der Waals surface area contributed by atoms with Crippen LogP contribution in [-0.2, 0) is 16.1 Å². The summed E-state index contributed by atoms with van der Waals surface area (Å²) >= 11 is 4.86. The second-order valence-corrected chi connectivity index (χ2v) is 11.0. The van der Waals surface area contributed by atoms with E-state index in [9.17, 15) is 9.59 Å². The molecule has 3 heterocycles. The number of allylic oxidation sites excluding steroid dienone is 2. The number of nitrogens with zero attached hydrogens (tertiary/aromatic N) is 3. The van der Waals surface area contributed by atoms with E-state index in [1.165, 1.54) is 11.3 Å². The molecule has 2 aromatic carbocycles. The second kappa shape index (κ2) is 10.8. The highest BCUT2D eigenvalue weighted by Crippen LogP contribution is 2.35. The van der Waals surface area contributed by atoms with E-state index in [2.05, 4.69) is 39.2 Å². The van der Waals surface area contributed by atoms with Crippen LogP contribution in [-0.4, -0.2) is 28.8 Å². The minimum absolute atomic E-state index is 0.215. The molecule has 0 N–H and O–H groups in total. The first kappa shape index (κ1) is 26.9. The molecular formula is C30H28BrN3O4S. The molecule has 0 radical (unpaired) electrons. The van der Waals surface area contributed by atoms with Gasteiger partial charge in [0.15, 0.2) is 4.80 Å². The van der Waals surface area contributed by atoms with Crippen molar-refractivity contribution in [2.75, 3.05) is 13.7 Å². The van der Waals surface area contributed by atoms with Gasteiger partial charge in [0, 0.05) is 28.7 Å². The van der Waals surface area contributed by atoms with E-state index in [4.69, 9.17) is 14.5 Å². The number of carbonyl (C=O) groups excluding carboxylic acids is 1. The standard InChI is InChI=1S/C30H28BrN3O4S/c1-6-14-33-18(4)21(20-10-8-9-11-23(20)33)16-25-28(35)34-27(19-12-13-24(37-5)22(31)15-19)26(29(36)38-7-2)17(3)32-30(34)39-25/h6,8-13,15-16,27H,1,7,14H2,2-5H3. The number of esters is 1. The number of hydrogen-bond acceptors (Lipinski definition) is 6. The van der Waals surface area contributed by atoms with Crippen molar-refractivity contribution in [3.8, 4) is 5.75 Å². The highest BCUT2D eigenvalue weighted by Gasteiger charge is 2.33. The van der Waals surface area contributed by atoms with Gasteiger partial charge in [-0.2, -0.15) is 0 Å². The molecule has 9 heteroatoms. The molecular weight excluding hydrogens is 578 g/mol. The molecule has 7 nitrogen and oxygen atoms in total. The zero-order chi connectivity index (χ0) is 27.8. The van der Waals surface area contributed by atoms with Crippen LogP contribution in [0, 0.1) is 6.92 Å². The zero-order valence-electron chi connectivity index (χ0n) is 22.2. The Morgan fingerprint density at radius 1 is 1.23 bits per heavy atom. The number of thiazole rings is 1. The van der Waals surface area contributed by atoms with Crippen molar-refractivity contribution in [3.05, 3.63) is 107 Å². The molecule has 1 unspecified atom stereocenters. The fourth-order valence-corrected chi connectivity index (χ4v) is 6.68. The predicted molar refractivity (Wildman–Crippen MR) is 158 cm³/mol. The predicted octanol–water partition coefficient (Wildman–Crippen LogP) is 5.02. The van der Waals surface area contributed by atoms with Crippen LogP contribution >= 0.6 is 27.3 Å². The highest BCUT2D eigenvalue weighted by atomic mass is 79.9. The Hall–Kier alpha value is -3.69.